The Morgan fingerprint density at radius 2 is 2.40 bits per heavy atom. The Kier molecular flexibility index (Phi) is 5.31. The molecule has 2 rings (SSSR count). The lowest BCUT2D eigenvalue weighted by Gasteiger charge is -2.21. The largest absolute Gasteiger partial charge is 0.395 e. The van der Waals surface area contributed by atoms with Gasteiger partial charge in [-0.05, 0) is 35.7 Å². The zero-order chi connectivity index (χ0) is 14.4. The smallest absolute Gasteiger partial charge is 0.223 e. The maximum Gasteiger partial charge on any atom is 0.223 e. The van der Waals surface area contributed by atoms with Crippen molar-refractivity contribution in [2.24, 2.45) is 0 Å². The number of hydrogen-bond donors (Lipinski definition) is 2. The van der Waals surface area contributed by atoms with Crippen LogP contribution in [0.1, 0.15) is 23.5 Å². The molecular formula is C14H19N3O2S. The van der Waals surface area contributed by atoms with Gasteiger partial charge in [0.1, 0.15) is 5.82 Å². The molecule has 2 heterocycles. The monoisotopic (exact) mass is 293 g/mol. The summed E-state index contributed by atoms with van der Waals surface area (Å²) in [5.74, 6) is 0.882. The minimum Gasteiger partial charge on any atom is -0.395 e. The molecule has 0 atom stereocenters. The Labute approximate surface area is 122 Å². The highest BCUT2D eigenvalue weighted by atomic mass is 32.1. The molecule has 2 N–H and O–H groups in total. The van der Waals surface area contributed by atoms with Crippen LogP contribution in [0.15, 0.2) is 23.0 Å². The summed E-state index contributed by atoms with van der Waals surface area (Å²) in [5, 5.41) is 13.2. The van der Waals surface area contributed by atoms with Gasteiger partial charge in [-0.15, -0.1) is 0 Å². The van der Waals surface area contributed by atoms with Gasteiger partial charge in [-0.2, -0.15) is 11.3 Å². The Hall–Kier alpha value is -1.66. The van der Waals surface area contributed by atoms with Crippen molar-refractivity contribution < 1.29 is 9.90 Å². The highest BCUT2D eigenvalue weighted by Gasteiger charge is 2.14. The van der Waals surface area contributed by atoms with Gasteiger partial charge in [0.05, 0.1) is 25.0 Å². The van der Waals surface area contributed by atoms with Crippen molar-refractivity contribution in [2.75, 3.05) is 13.2 Å². The third-order valence-electron chi connectivity index (χ3n) is 3.05. The first kappa shape index (κ1) is 14.7. The number of nitrogens with one attached hydrogen (secondary N) is 1. The first-order chi connectivity index (χ1) is 9.69. The van der Waals surface area contributed by atoms with E-state index in [2.05, 4.69) is 15.3 Å². The molecule has 0 unspecified atom stereocenters. The van der Waals surface area contributed by atoms with E-state index in [4.69, 9.17) is 5.11 Å². The van der Waals surface area contributed by atoms with Crippen molar-refractivity contribution in [2.45, 2.75) is 26.3 Å². The summed E-state index contributed by atoms with van der Waals surface area (Å²) in [7, 11) is 0. The van der Waals surface area contributed by atoms with Crippen LogP contribution in [-0.2, 0) is 17.8 Å². The lowest BCUT2D eigenvalue weighted by Crippen LogP contribution is -2.33. The number of aliphatic hydroxyl groups excluding tert-OH is 1. The summed E-state index contributed by atoms with van der Waals surface area (Å²) in [6.07, 6.45) is 2.93. The number of imidazole rings is 1. The number of carbonyl (C=O) groups excluding carboxylic acids is 1. The van der Waals surface area contributed by atoms with E-state index in [9.17, 15) is 4.79 Å². The third kappa shape index (κ3) is 4.18. The van der Waals surface area contributed by atoms with E-state index < -0.39 is 0 Å². The fourth-order valence-corrected chi connectivity index (χ4v) is 2.72. The van der Waals surface area contributed by atoms with Crippen molar-refractivity contribution in [1.29, 1.82) is 0 Å². The zero-order valence-electron chi connectivity index (χ0n) is 11.5. The Balaban J connectivity index is 1.91. The van der Waals surface area contributed by atoms with E-state index in [1.165, 1.54) is 5.56 Å². The normalized spacial score (nSPS) is 10.7. The molecule has 0 bridgehead atoms. The summed E-state index contributed by atoms with van der Waals surface area (Å²) >= 11 is 1.64. The van der Waals surface area contributed by atoms with Crippen LogP contribution in [0, 0.1) is 6.92 Å². The first-order valence-electron chi connectivity index (χ1n) is 6.59. The fraction of sp³-hybridized carbons (Fsp3) is 0.429. The van der Waals surface area contributed by atoms with Crippen molar-refractivity contribution in [3.05, 3.63) is 40.1 Å². The van der Waals surface area contributed by atoms with Crippen LogP contribution < -0.4 is 0 Å². The van der Waals surface area contributed by atoms with E-state index in [0.717, 1.165) is 17.9 Å². The van der Waals surface area contributed by atoms with E-state index in [1.807, 2.05) is 18.4 Å². The molecule has 5 nitrogen and oxygen atoms in total. The second kappa shape index (κ2) is 7.21. The van der Waals surface area contributed by atoms with Crippen LogP contribution in [0.4, 0.5) is 0 Å². The number of aryl methyl sites for hydroxylation is 2. The average Bonchev–Trinajstić information content (AvgIpc) is 3.07. The van der Waals surface area contributed by atoms with Crippen LogP contribution in [0.3, 0.4) is 0 Å². The number of aromatic amines is 1. The van der Waals surface area contributed by atoms with Gasteiger partial charge in [0.2, 0.25) is 5.91 Å². The summed E-state index contributed by atoms with van der Waals surface area (Å²) in [6, 6.07) is 2.03. The van der Waals surface area contributed by atoms with Gasteiger partial charge in [0.25, 0.3) is 0 Å². The Bertz CT molecular complexity index is 536. The minimum absolute atomic E-state index is 0.0304. The maximum absolute atomic E-state index is 12.2. The second-order valence-corrected chi connectivity index (χ2v) is 5.44. The van der Waals surface area contributed by atoms with Crippen LogP contribution >= 0.6 is 11.3 Å². The van der Waals surface area contributed by atoms with Crippen molar-refractivity contribution in [1.82, 2.24) is 14.9 Å². The molecular weight excluding hydrogens is 274 g/mol. The van der Waals surface area contributed by atoms with E-state index >= 15 is 0 Å². The molecule has 2 aromatic heterocycles. The predicted molar refractivity (Wildman–Crippen MR) is 78.5 cm³/mol. The van der Waals surface area contributed by atoms with E-state index in [1.54, 1.807) is 22.4 Å². The number of thiophene rings is 1. The summed E-state index contributed by atoms with van der Waals surface area (Å²) in [5.41, 5.74) is 2.07. The third-order valence-corrected chi connectivity index (χ3v) is 3.78. The summed E-state index contributed by atoms with van der Waals surface area (Å²) < 4.78 is 0. The van der Waals surface area contributed by atoms with Crippen molar-refractivity contribution in [3.63, 3.8) is 0 Å². The van der Waals surface area contributed by atoms with Gasteiger partial charge < -0.3 is 15.0 Å². The molecule has 0 fully saturated rings. The van der Waals surface area contributed by atoms with Gasteiger partial charge in [0.15, 0.2) is 0 Å². The molecule has 0 aliphatic rings. The lowest BCUT2D eigenvalue weighted by atomic mass is 10.2. The lowest BCUT2D eigenvalue weighted by molar-refractivity contribution is -0.132. The maximum atomic E-state index is 12.2. The summed E-state index contributed by atoms with van der Waals surface area (Å²) in [4.78, 5) is 21.1. The van der Waals surface area contributed by atoms with Gasteiger partial charge in [-0.25, -0.2) is 4.98 Å². The zero-order valence-corrected chi connectivity index (χ0v) is 12.3. The molecule has 0 aromatic carbocycles. The Morgan fingerprint density at radius 3 is 3.00 bits per heavy atom. The van der Waals surface area contributed by atoms with Crippen LogP contribution in [-0.4, -0.2) is 39.0 Å². The predicted octanol–water partition coefficient (Wildman–Crippen LogP) is 1.73. The van der Waals surface area contributed by atoms with Gasteiger partial charge in [-0.1, -0.05) is 0 Å². The molecule has 0 aliphatic carbocycles. The first-order valence-corrected chi connectivity index (χ1v) is 7.53. The molecule has 6 heteroatoms. The number of nitrogens with zero attached hydrogens (tertiary/aromatic N) is 2. The SMILES string of the molecule is Cc1ncc(CN(CCO)C(=O)CCc2ccsc2)[nH]1. The van der Waals surface area contributed by atoms with E-state index in [0.29, 0.717) is 19.5 Å². The summed E-state index contributed by atoms with van der Waals surface area (Å²) in [6.45, 7) is 2.65. The second-order valence-electron chi connectivity index (χ2n) is 4.66. The molecule has 0 saturated heterocycles. The molecule has 0 radical (unpaired) electrons. The van der Waals surface area contributed by atoms with Gasteiger partial charge in [0, 0.05) is 13.0 Å². The number of amides is 1. The van der Waals surface area contributed by atoms with Crippen LogP contribution in [0.2, 0.25) is 0 Å². The molecule has 108 valence electrons. The molecule has 1 amide bonds. The molecule has 2 aromatic rings. The van der Waals surface area contributed by atoms with Crippen LogP contribution in [0.25, 0.3) is 0 Å². The standard InChI is InChI=1S/C14H19N3O2S/c1-11-15-8-13(16-11)9-17(5-6-18)14(19)3-2-12-4-7-20-10-12/h4,7-8,10,18H,2-3,5-6,9H2,1H3,(H,15,16). The average molecular weight is 293 g/mol. The van der Waals surface area contributed by atoms with Crippen molar-refractivity contribution >= 4 is 17.2 Å². The van der Waals surface area contributed by atoms with Gasteiger partial charge in [-0.3, -0.25) is 4.79 Å². The quantitative estimate of drug-likeness (QED) is 0.817. The number of aliphatic hydroxyl groups is 1. The number of carbonyl (C=O) groups is 1. The minimum atomic E-state index is -0.0304. The van der Waals surface area contributed by atoms with Crippen LogP contribution in [0.5, 0.6) is 0 Å². The molecule has 0 spiro atoms. The highest BCUT2D eigenvalue weighted by Crippen LogP contribution is 2.11. The van der Waals surface area contributed by atoms with Crippen molar-refractivity contribution in [3.8, 4) is 0 Å². The molecule has 0 aliphatic heterocycles. The number of aromatic nitrogens is 2. The molecule has 20 heavy (non-hydrogen) atoms. The number of hydrogen-bond acceptors (Lipinski definition) is 4. The molecule has 0 saturated carbocycles. The highest BCUT2D eigenvalue weighted by molar-refractivity contribution is 7.07. The Morgan fingerprint density at radius 1 is 1.55 bits per heavy atom. The fourth-order valence-electron chi connectivity index (χ4n) is 2.01. The van der Waals surface area contributed by atoms with E-state index in [-0.39, 0.29) is 12.5 Å². The number of rotatable bonds is 7. The topological polar surface area (TPSA) is 69.2 Å². The van der Waals surface area contributed by atoms with Gasteiger partial charge >= 0.3 is 0 Å². The number of H-pyrrole nitrogens is 1.